The number of aromatic nitrogens is 2. The molecule has 6 nitrogen and oxygen atoms in total. The third-order valence-electron chi connectivity index (χ3n) is 4.93. The molecule has 2 saturated heterocycles. The second-order valence-electron chi connectivity index (χ2n) is 6.53. The van der Waals surface area contributed by atoms with E-state index in [0.29, 0.717) is 12.5 Å². The molecule has 1 amide bonds. The molecule has 0 bridgehead atoms. The minimum absolute atomic E-state index is 0.0329. The zero-order valence-electron chi connectivity index (χ0n) is 13.5. The van der Waals surface area contributed by atoms with Gasteiger partial charge in [-0.25, -0.2) is 13.8 Å². The van der Waals surface area contributed by atoms with Gasteiger partial charge in [-0.15, -0.1) is 0 Å². The Balaban J connectivity index is 1.56. The first-order valence-electron chi connectivity index (χ1n) is 8.41. The predicted molar refractivity (Wildman–Crippen MR) is 83.8 cm³/mol. The summed E-state index contributed by atoms with van der Waals surface area (Å²) in [6.45, 7) is 2.89. The summed E-state index contributed by atoms with van der Waals surface area (Å²) in [4.78, 5) is 29.7. The average molecular weight is 340 g/mol. The molecule has 3 heterocycles. The number of hydrogen-bond acceptors (Lipinski definition) is 4. The molecular formula is C16H22F2N4O2. The normalized spacial score (nSPS) is 23.5. The second-order valence-corrected chi connectivity index (χ2v) is 6.53. The van der Waals surface area contributed by atoms with E-state index >= 15 is 0 Å². The van der Waals surface area contributed by atoms with E-state index in [2.05, 4.69) is 15.2 Å². The van der Waals surface area contributed by atoms with Crippen LogP contribution in [0.5, 0.6) is 0 Å². The number of nitrogens with one attached hydrogen (secondary N) is 1. The highest BCUT2D eigenvalue weighted by atomic mass is 19.3. The molecule has 0 spiro atoms. The van der Waals surface area contributed by atoms with Gasteiger partial charge >= 0.3 is 0 Å². The number of carbonyl (C=O) groups is 1. The zero-order valence-corrected chi connectivity index (χ0v) is 13.5. The van der Waals surface area contributed by atoms with Gasteiger partial charge < -0.3 is 5.32 Å². The fourth-order valence-corrected chi connectivity index (χ4v) is 3.53. The van der Waals surface area contributed by atoms with Crippen molar-refractivity contribution in [2.75, 3.05) is 19.6 Å². The van der Waals surface area contributed by atoms with Crippen LogP contribution in [-0.4, -0.2) is 46.0 Å². The Morgan fingerprint density at radius 1 is 1.25 bits per heavy atom. The summed E-state index contributed by atoms with van der Waals surface area (Å²) in [5.41, 5.74) is -0.913. The average Bonchev–Trinajstić information content (AvgIpc) is 2.58. The minimum atomic E-state index is -2.72. The van der Waals surface area contributed by atoms with Gasteiger partial charge in [-0.3, -0.25) is 19.1 Å². The molecule has 132 valence electrons. The van der Waals surface area contributed by atoms with Crippen molar-refractivity contribution in [2.45, 2.75) is 44.7 Å². The molecular weight excluding hydrogens is 318 g/mol. The van der Waals surface area contributed by atoms with Crippen LogP contribution in [-0.2, 0) is 11.3 Å². The standard InChI is InChI=1S/C16H22F2N4O2/c17-15(18)12-8-14(23)22(10-20-12)9-11-3-6-21(7-4-11)13-2-1-5-19-16(13)24/h8,10-11,13,15H,1-7,9H2,(H,19,24). The monoisotopic (exact) mass is 340 g/mol. The van der Waals surface area contributed by atoms with E-state index in [1.54, 1.807) is 0 Å². The largest absolute Gasteiger partial charge is 0.355 e. The molecule has 1 N–H and O–H groups in total. The number of likely N-dealkylation sites (tertiary alicyclic amines) is 1. The number of carbonyl (C=O) groups excluding carboxylic acids is 1. The Kier molecular flexibility index (Phi) is 5.23. The van der Waals surface area contributed by atoms with Crippen molar-refractivity contribution >= 4 is 5.91 Å². The van der Waals surface area contributed by atoms with Gasteiger partial charge in [0.25, 0.3) is 12.0 Å². The van der Waals surface area contributed by atoms with Gasteiger partial charge in [0.1, 0.15) is 5.69 Å². The van der Waals surface area contributed by atoms with Crippen LogP contribution < -0.4 is 10.9 Å². The lowest BCUT2D eigenvalue weighted by Gasteiger charge is -2.38. The molecule has 8 heteroatoms. The number of alkyl halides is 2. The van der Waals surface area contributed by atoms with Gasteiger partial charge in [0, 0.05) is 19.2 Å². The first-order valence-corrected chi connectivity index (χ1v) is 8.41. The Hall–Kier alpha value is -1.83. The van der Waals surface area contributed by atoms with Gasteiger partial charge in [-0.1, -0.05) is 0 Å². The molecule has 1 aromatic rings. The van der Waals surface area contributed by atoms with E-state index in [9.17, 15) is 18.4 Å². The molecule has 1 atom stereocenters. The number of amides is 1. The highest BCUT2D eigenvalue weighted by molar-refractivity contribution is 5.82. The van der Waals surface area contributed by atoms with E-state index in [4.69, 9.17) is 0 Å². The van der Waals surface area contributed by atoms with Crippen LogP contribution in [0.25, 0.3) is 0 Å². The second kappa shape index (κ2) is 7.38. The highest BCUT2D eigenvalue weighted by Gasteiger charge is 2.31. The van der Waals surface area contributed by atoms with Crippen molar-refractivity contribution < 1.29 is 13.6 Å². The molecule has 0 saturated carbocycles. The summed E-state index contributed by atoms with van der Waals surface area (Å²) in [5.74, 6) is 0.410. The molecule has 0 aliphatic carbocycles. The Morgan fingerprint density at radius 2 is 2.00 bits per heavy atom. The van der Waals surface area contributed by atoms with Crippen LogP contribution in [0.2, 0.25) is 0 Å². The van der Waals surface area contributed by atoms with Crippen LogP contribution >= 0.6 is 0 Å². The number of piperidine rings is 2. The van der Waals surface area contributed by atoms with Crippen LogP contribution in [0.15, 0.2) is 17.2 Å². The van der Waals surface area contributed by atoms with Gasteiger partial charge in [0.15, 0.2) is 0 Å². The van der Waals surface area contributed by atoms with Crippen molar-refractivity contribution in [3.8, 4) is 0 Å². The Morgan fingerprint density at radius 3 is 2.62 bits per heavy atom. The van der Waals surface area contributed by atoms with Crippen molar-refractivity contribution in [3.63, 3.8) is 0 Å². The molecule has 0 aromatic carbocycles. The Labute approximate surface area is 138 Å². The molecule has 1 unspecified atom stereocenters. The van der Waals surface area contributed by atoms with Crippen molar-refractivity contribution in [2.24, 2.45) is 5.92 Å². The molecule has 1 aromatic heterocycles. The van der Waals surface area contributed by atoms with Crippen LogP contribution in [0.3, 0.4) is 0 Å². The summed E-state index contributed by atoms with van der Waals surface area (Å²) in [6.07, 6.45) is 2.16. The van der Waals surface area contributed by atoms with Crippen LogP contribution in [0.4, 0.5) is 8.78 Å². The lowest BCUT2D eigenvalue weighted by molar-refractivity contribution is -0.128. The van der Waals surface area contributed by atoms with Crippen LogP contribution in [0.1, 0.15) is 37.8 Å². The quantitative estimate of drug-likeness (QED) is 0.894. The topological polar surface area (TPSA) is 67.2 Å². The predicted octanol–water partition coefficient (Wildman–Crippen LogP) is 1.17. The van der Waals surface area contributed by atoms with E-state index < -0.39 is 17.7 Å². The molecule has 24 heavy (non-hydrogen) atoms. The number of halogens is 2. The van der Waals surface area contributed by atoms with Gasteiger partial charge in [-0.05, 0) is 44.7 Å². The summed E-state index contributed by atoms with van der Waals surface area (Å²) < 4.78 is 26.5. The fraction of sp³-hybridized carbons (Fsp3) is 0.688. The third-order valence-corrected chi connectivity index (χ3v) is 4.93. The van der Waals surface area contributed by atoms with E-state index in [1.165, 1.54) is 10.9 Å². The van der Waals surface area contributed by atoms with Crippen molar-refractivity contribution in [1.29, 1.82) is 0 Å². The van der Waals surface area contributed by atoms with Gasteiger partial charge in [-0.2, -0.15) is 0 Å². The van der Waals surface area contributed by atoms with Crippen molar-refractivity contribution in [3.05, 3.63) is 28.4 Å². The summed E-state index contributed by atoms with van der Waals surface area (Å²) in [6, 6.07) is 0.876. The molecule has 0 radical (unpaired) electrons. The molecule has 2 aliphatic rings. The smallest absolute Gasteiger partial charge is 0.280 e. The minimum Gasteiger partial charge on any atom is -0.355 e. The number of rotatable bonds is 4. The maximum atomic E-state index is 12.5. The van der Waals surface area contributed by atoms with E-state index in [1.807, 2.05) is 0 Å². The fourth-order valence-electron chi connectivity index (χ4n) is 3.53. The first kappa shape index (κ1) is 17.0. The summed E-state index contributed by atoms with van der Waals surface area (Å²) >= 11 is 0. The maximum Gasteiger partial charge on any atom is 0.280 e. The van der Waals surface area contributed by atoms with E-state index in [0.717, 1.165) is 51.4 Å². The third kappa shape index (κ3) is 3.80. The van der Waals surface area contributed by atoms with Crippen LogP contribution in [0, 0.1) is 5.92 Å². The van der Waals surface area contributed by atoms with Gasteiger partial charge in [0.05, 0.1) is 12.4 Å². The number of nitrogens with zero attached hydrogens (tertiary/aromatic N) is 3. The first-order chi connectivity index (χ1) is 11.5. The molecule has 2 aliphatic heterocycles. The lowest BCUT2D eigenvalue weighted by atomic mass is 9.94. The van der Waals surface area contributed by atoms with E-state index in [-0.39, 0.29) is 11.9 Å². The lowest BCUT2D eigenvalue weighted by Crippen LogP contribution is -2.52. The Bertz CT molecular complexity index is 641. The molecule has 3 rings (SSSR count). The maximum absolute atomic E-state index is 12.5. The zero-order chi connectivity index (χ0) is 17.1. The van der Waals surface area contributed by atoms with Gasteiger partial charge in [0.2, 0.25) is 5.91 Å². The SMILES string of the molecule is O=C1NCCCC1N1CCC(Cn2cnc(C(F)F)cc2=O)CC1. The summed E-state index contributed by atoms with van der Waals surface area (Å²) in [7, 11) is 0. The summed E-state index contributed by atoms with van der Waals surface area (Å²) in [5, 5.41) is 2.91. The molecule has 2 fully saturated rings. The number of hydrogen-bond donors (Lipinski definition) is 1. The van der Waals surface area contributed by atoms with Crippen molar-refractivity contribution in [1.82, 2.24) is 19.8 Å². The highest BCUT2D eigenvalue weighted by Crippen LogP contribution is 2.23.